The molecule has 18 heavy (non-hydrogen) atoms. The van der Waals surface area contributed by atoms with Gasteiger partial charge in [-0.3, -0.25) is 4.79 Å². The number of amides is 1. The first kappa shape index (κ1) is 12.8. The van der Waals surface area contributed by atoms with E-state index >= 15 is 0 Å². The number of nitrogens with zero attached hydrogens (tertiary/aromatic N) is 1. The molecule has 0 unspecified atom stereocenters. The van der Waals surface area contributed by atoms with Crippen LogP contribution in [0, 0.1) is 20.8 Å². The van der Waals surface area contributed by atoms with Gasteiger partial charge in [-0.2, -0.15) is 0 Å². The molecule has 94 valence electrons. The number of anilines is 1. The molecule has 0 radical (unpaired) electrons. The molecule has 0 fully saturated rings. The molecule has 0 saturated heterocycles. The van der Waals surface area contributed by atoms with Gasteiger partial charge in [0.1, 0.15) is 0 Å². The van der Waals surface area contributed by atoms with Crippen molar-refractivity contribution in [3.63, 3.8) is 0 Å². The van der Waals surface area contributed by atoms with Crippen LogP contribution in [-0.2, 0) is 11.2 Å². The average Bonchev–Trinajstić information content (AvgIpc) is 2.69. The van der Waals surface area contributed by atoms with Gasteiger partial charge in [-0.05, 0) is 44.0 Å². The number of thiazole rings is 1. The van der Waals surface area contributed by atoms with E-state index < -0.39 is 0 Å². The Morgan fingerprint density at radius 3 is 2.67 bits per heavy atom. The minimum absolute atomic E-state index is 0.0245. The lowest BCUT2D eigenvalue weighted by molar-refractivity contribution is -0.115. The minimum Gasteiger partial charge on any atom is -0.326 e. The van der Waals surface area contributed by atoms with E-state index in [4.69, 9.17) is 0 Å². The van der Waals surface area contributed by atoms with Crippen molar-refractivity contribution >= 4 is 22.9 Å². The second-order valence-corrected chi connectivity index (χ2v) is 5.44. The number of carbonyl (C=O) groups is 1. The number of hydrogen-bond acceptors (Lipinski definition) is 3. The van der Waals surface area contributed by atoms with E-state index in [1.807, 2.05) is 37.4 Å². The first-order valence-electron chi connectivity index (χ1n) is 5.82. The molecule has 4 heteroatoms. The van der Waals surface area contributed by atoms with E-state index in [0.29, 0.717) is 6.42 Å². The summed E-state index contributed by atoms with van der Waals surface area (Å²) in [6.45, 7) is 6.03. The van der Waals surface area contributed by atoms with Gasteiger partial charge in [0, 0.05) is 11.1 Å². The highest BCUT2D eigenvalue weighted by molar-refractivity contribution is 7.09. The molecule has 0 spiro atoms. The fourth-order valence-electron chi connectivity index (χ4n) is 1.68. The molecule has 1 amide bonds. The summed E-state index contributed by atoms with van der Waals surface area (Å²) in [6.07, 6.45) is 0.331. The lowest BCUT2D eigenvalue weighted by atomic mass is 10.1. The zero-order chi connectivity index (χ0) is 13.1. The molecule has 0 bridgehead atoms. The highest BCUT2D eigenvalue weighted by atomic mass is 32.1. The van der Waals surface area contributed by atoms with Gasteiger partial charge in [0.05, 0.1) is 17.1 Å². The zero-order valence-electron chi connectivity index (χ0n) is 10.8. The predicted octanol–water partition coefficient (Wildman–Crippen LogP) is 3.25. The van der Waals surface area contributed by atoms with Crippen molar-refractivity contribution in [2.75, 3.05) is 5.32 Å². The zero-order valence-corrected chi connectivity index (χ0v) is 11.6. The van der Waals surface area contributed by atoms with Crippen molar-refractivity contribution in [3.05, 3.63) is 45.4 Å². The first-order valence-corrected chi connectivity index (χ1v) is 6.70. The van der Waals surface area contributed by atoms with E-state index in [2.05, 4.69) is 17.2 Å². The van der Waals surface area contributed by atoms with Crippen molar-refractivity contribution in [3.8, 4) is 0 Å². The summed E-state index contributed by atoms with van der Waals surface area (Å²) in [6, 6.07) is 5.92. The maximum absolute atomic E-state index is 11.8. The van der Waals surface area contributed by atoms with Crippen LogP contribution in [0.3, 0.4) is 0 Å². The third-order valence-electron chi connectivity index (χ3n) is 2.80. The normalized spacial score (nSPS) is 10.4. The van der Waals surface area contributed by atoms with Gasteiger partial charge in [-0.15, -0.1) is 11.3 Å². The van der Waals surface area contributed by atoms with Crippen LogP contribution in [0.2, 0.25) is 0 Å². The molecule has 0 aliphatic rings. The average molecular weight is 260 g/mol. The fourth-order valence-corrected chi connectivity index (χ4v) is 2.29. The van der Waals surface area contributed by atoms with E-state index in [1.165, 1.54) is 11.1 Å². The van der Waals surface area contributed by atoms with Crippen LogP contribution in [0.5, 0.6) is 0 Å². The van der Waals surface area contributed by atoms with Crippen LogP contribution in [0.4, 0.5) is 5.69 Å². The second kappa shape index (κ2) is 5.31. The highest BCUT2D eigenvalue weighted by Gasteiger charge is 2.07. The molecule has 1 heterocycles. The van der Waals surface area contributed by atoms with Crippen molar-refractivity contribution in [2.24, 2.45) is 0 Å². The molecule has 3 nitrogen and oxygen atoms in total. The van der Waals surface area contributed by atoms with Crippen molar-refractivity contribution in [1.29, 1.82) is 0 Å². The summed E-state index contributed by atoms with van der Waals surface area (Å²) in [5, 5.41) is 5.81. The fraction of sp³-hybridized carbons (Fsp3) is 0.286. The van der Waals surface area contributed by atoms with Crippen LogP contribution in [-0.4, -0.2) is 10.9 Å². The monoisotopic (exact) mass is 260 g/mol. The van der Waals surface area contributed by atoms with Gasteiger partial charge in [-0.25, -0.2) is 4.98 Å². The molecule has 2 aromatic rings. The lowest BCUT2D eigenvalue weighted by Crippen LogP contribution is -2.14. The molecule has 1 N–H and O–H groups in total. The quantitative estimate of drug-likeness (QED) is 0.920. The minimum atomic E-state index is -0.0245. The van der Waals surface area contributed by atoms with E-state index in [-0.39, 0.29) is 5.91 Å². The van der Waals surface area contributed by atoms with Gasteiger partial charge < -0.3 is 5.32 Å². The van der Waals surface area contributed by atoms with Gasteiger partial charge in [-0.1, -0.05) is 6.07 Å². The van der Waals surface area contributed by atoms with Crippen molar-refractivity contribution in [1.82, 2.24) is 4.98 Å². The Bertz CT molecular complexity index is 575. The standard InChI is InChI=1S/C14H16N2OS/c1-9-4-5-12(6-10(9)2)16-14(17)7-13-8-18-11(3)15-13/h4-6,8H,7H2,1-3H3,(H,16,17). The number of hydrogen-bond donors (Lipinski definition) is 1. The Balaban J connectivity index is 2.00. The topological polar surface area (TPSA) is 42.0 Å². The van der Waals surface area contributed by atoms with Crippen LogP contribution >= 0.6 is 11.3 Å². The van der Waals surface area contributed by atoms with Gasteiger partial charge in [0.25, 0.3) is 0 Å². The SMILES string of the molecule is Cc1nc(CC(=O)Nc2ccc(C)c(C)c2)cs1. The second-order valence-electron chi connectivity index (χ2n) is 4.38. The van der Waals surface area contributed by atoms with Crippen LogP contribution < -0.4 is 5.32 Å². The third-order valence-corrected chi connectivity index (χ3v) is 3.62. The first-order chi connectivity index (χ1) is 8.54. The molecule has 0 atom stereocenters. The lowest BCUT2D eigenvalue weighted by Gasteiger charge is -2.06. The van der Waals surface area contributed by atoms with Gasteiger partial charge in [0.15, 0.2) is 0 Å². The molecule has 1 aromatic carbocycles. The summed E-state index contributed by atoms with van der Waals surface area (Å²) >= 11 is 1.57. The summed E-state index contributed by atoms with van der Waals surface area (Å²) in [5.74, 6) is -0.0245. The van der Waals surface area contributed by atoms with Crippen molar-refractivity contribution in [2.45, 2.75) is 27.2 Å². The molecule has 0 aliphatic carbocycles. The van der Waals surface area contributed by atoms with Gasteiger partial charge >= 0.3 is 0 Å². The Morgan fingerprint density at radius 2 is 2.06 bits per heavy atom. The molecule has 0 aliphatic heterocycles. The van der Waals surface area contributed by atoms with E-state index in [0.717, 1.165) is 16.4 Å². The maximum Gasteiger partial charge on any atom is 0.230 e. The molecular formula is C14H16N2OS. The molecule has 2 rings (SSSR count). The summed E-state index contributed by atoms with van der Waals surface area (Å²) in [7, 11) is 0. The number of carbonyl (C=O) groups excluding carboxylic acids is 1. The Labute approximate surface area is 111 Å². The van der Waals surface area contributed by atoms with Crippen LogP contribution in [0.25, 0.3) is 0 Å². The van der Waals surface area contributed by atoms with Crippen molar-refractivity contribution < 1.29 is 4.79 Å². The maximum atomic E-state index is 11.8. The van der Waals surface area contributed by atoms with Gasteiger partial charge in [0.2, 0.25) is 5.91 Å². The number of aromatic nitrogens is 1. The summed E-state index contributed by atoms with van der Waals surface area (Å²) in [5.41, 5.74) is 4.08. The molecular weight excluding hydrogens is 244 g/mol. The molecule has 0 saturated carbocycles. The smallest absolute Gasteiger partial charge is 0.230 e. The number of aryl methyl sites for hydroxylation is 3. The van der Waals surface area contributed by atoms with Crippen LogP contribution in [0.15, 0.2) is 23.6 Å². The van der Waals surface area contributed by atoms with E-state index in [9.17, 15) is 4.79 Å². The third kappa shape index (κ3) is 3.17. The number of rotatable bonds is 3. The van der Waals surface area contributed by atoms with E-state index in [1.54, 1.807) is 11.3 Å². The molecule has 1 aromatic heterocycles. The highest BCUT2D eigenvalue weighted by Crippen LogP contribution is 2.15. The Kier molecular flexibility index (Phi) is 3.77. The number of benzene rings is 1. The summed E-state index contributed by atoms with van der Waals surface area (Å²) in [4.78, 5) is 16.1. The summed E-state index contributed by atoms with van der Waals surface area (Å²) < 4.78 is 0. The largest absolute Gasteiger partial charge is 0.326 e. The van der Waals surface area contributed by atoms with Crippen LogP contribution in [0.1, 0.15) is 21.8 Å². The Hall–Kier alpha value is -1.68. The Morgan fingerprint density at radius 1 is 1.28 bits per heavy atom. The number of nitrogens with one attached hydrogen (secondary N) is 1. The predicted molar refractivity (Wildman–Crippen MR) is 75.1 cm³/mol.